The zero-order chi connectivity index (χ0) is 29.0. The van der Waals surface area contributed by atoms with Crippen LogP contribution in [0.25, 0.3) is 0 Å². The van der Waals surface area contributed by atoms with Gasteiger partial charge in [-0.3, -0.25) is 9.59 Å². The standard InChI is InChI=1S/C30H55NO7/c1-12-25-29(7,34)17-18(2)24(32)13-14-30(8,35-11)27(21(5)20(4)22(6)28(33)37-25)38-26-16-23(31(9)10)15-19(3)36-26/h18-23,25-27,34H,12-17H2,1-11H3/t18-,19-,20+,21+,22-,23+,25-,26+,27?,29+,30-/m1/s1. The molecule has 0 spiro atoms. The van der Waals surface area contributed by atoms with Crippen molar-refractivity contribution >= 4 is 11.8 Å². The fourth-order valence-corrected chi connectivity index (χ4v) is 6.26. The Balaban J connectivity index is 2.46. The van der Waals surface area contributed by atoms with E-state index in [2.05, 4.69) is 32.8 Å². The lowest BCUT2D eigenvalue weighted by Gasteiger charge is -2.46. The van der Waals surface area contributed by atoms with Gasteiger partial charge >= 0.3 is 5.97 Å². The Kier molecular flexibility index (Phi) is 11.8. The predicted octanol–water partition coefficient (Wildman–Crippen LogP) is 4.60. The zero-order valence-electron chi connectivity index (χ0n) is 25.8. The van der Waals surface area contributed by atoms with Gasteiger partial charge in [-0.15, -0.1) is 0 Å². The van der Waals surface area contributed by atoms with E-state index in [0.29, 0.717) is 25.3 Å². The Labute approximate surface area is 231 Å². The predicted molar refractivity (Wildman–Crippen MR) is 148 cm³/mol. The van der Waals surface area contributed by atoms with Crippen molar-refractivity contribution in [3.8, 4) is 0 Å². The van der Waals surface area contributed by atoms with Gasteiger partial charge in [0.2, 0.25) is 0 Å². The number of hydrogen-bond donors (Lipinski definition) is 1. The van der Waals surface area contributed by atoms with Gasteiger partial charge in [0, 0.05) is 31.9 Å². The maximum Gasteiger partial charge on any atom is 0.309 e. The number of carbonyl (C=O) groups excluding carboxylic acids is 2. The van der Waals surface area contributed by atoms with E-state index in [9.17, 15) is 14.7 Å². The lowest BCUT2D eigenvalue weighted by Crippen LogP contribution is -2.54. The number of nitrogens with zero attached hydrogens (tertiary/aromatic N) is 1. The molecule has 0 aromatic carbocycles. The van der Waals surface area contributed by atoms with Gasteiger partial charge in [-0.05, 0) is 72.4 Å². The van der Waals surface area contributed by atoms with E-state index in [0.717, 1.165) is 12.8 Å². The van der Waals surface area contributed by atoms with E-state index in [1.165, 1.54) is 0 Å². The molecule has 0 radical (unpaired) electrons. The van der Waals surface area contributed by atoms with Crippen LogP contribution in [0, 0.1) is 23.7 Å². The van der Waals surface area contributed by atoms with Crippen LogP contribution in [0.4, 0.5) is 0 Å². The Hall–Kier alpha value is -1.06. The molecular formula is C30H55NO7. The van der Waals surface area contributed by atoms with Crippen molar-refractivity contribution in [1.82, 2.24) is 4.90 Å². The van der Waals surface area contributed by atoms with Crippen LogP contribution < -0.4 is 0 Å². The first-order chi connectivity index (χ1) is 17.6. The van der Waals surface area contributed by atoms with Gasteiger partial charge in [0.1, 0.15) is 11.9 Å². The molecule has 8 heteroatoms. The summed E-state index contributed by atoms with van der Waals surface area (Å²) in [7, 11) is 5.81. The highest BCUT2D eigenvalue weighted by atomic mass is 16.7. The molecule has 1 N–H and O–H groups in total. The summed E-state index contributed by atoms with van der Waals surface area (Å²) in [6.45, 7) is 15.4. The van der Waals surface area contributed by atoms with E-state index in [-0.39, 0.29) is 36.1 Å². The summed E-state index contributed by atoms with van der Waals surface area (Å²) in [6, 6.07) is 0.332. The highest BCUT2D eigenvalue weighted by molar-refractivity contribution is 5.80. The topological polar surface area (TPSA) is 94.5 Å². The van der Waals surface area contributed by atoms with Crippen molar-refractivity contribution in [1.29, 1.82) is 0 Å². The minimum absolute atomic E-state index is 0.0508. The van der Waals surface area contributed by atoms with Gasteiger partial charge in [0.05, 0.1) is 29.3 Å². The van der Waals surface area contributed by atoms with Gasteiger partial charge in [-0.25, -0.2) is 0 Å². The summed E-state index contributed by atoms with van der Waals surface area (Å²) in [6.07, 6.45) is 1.64. The van der Waals surface area contributed by atoms with Gasteiger partial charge in [-0.1, -0.05) is 34.6 Å². The molecule has 0 aromatic heterocycles. The fraction of sp³-hybridized carbons (Fsp3) is 0.933. The van der Waals surface area contributed by atoms with Crippen LogP contribution in [0.2, 0.25) is 0 Å². The summed E-state index contributed by atoms with van der Waals surface area (Å²) in [5, 5.41) is 11.2. The molecule has 0 aromatic rings. The van der Waals surface area contributed by atoms with E-state index in [1.54, 1.807) is 14.0 Å². The molecule has 11 atom stereocenters. The molecule has 2 fully saturated rings. The number of Topliss-reactive ketones (excluding diaryl/α,β-unsaturated/α-hetero) is 1. The number of ether oxygens (including phenoxy) is 4. The van der Waals surface area contributed by atoms with Crippen molar-refractivity contribution in [3.05, 3.63) is 0 Å². The number of rotatable bonds is 5. The van der Waals surface area contributed by atoms with Crippen molar-refractivity contribution in [2.24, 2.45) is 23.7 Å². The molecule has 2 rings (SSSR count). The molecule has 2 heterocycles. The number of hydrogen-bond acceptors (Lipinski definition) is 8. The molecular weight excluding hydrogens is 486 g/mol. The third kappa shape index (κ3) is 8.00. The minimum atomic E-state index is -1.30. The number of ketones is 1. The SMILES string of the molecule is CC[C@H]1OC(=O)[C@H](C)[C@@H](C)[C@H](C)C(O[C@H]2C[C@@H](N(C)C)C[C@@H](C)O2)[C@](C)(OC)CCC(=O)[C@H](C)C[C@]1(C)O. The zero-order valence-corrected chi connectivity index (χ0v) is 25.8. The van der Waals surface area contributed by atoms with Crippen LogP contribution in [0.1, 0.15) is 93.9 Å². The van der Waals surface area contributed by atoms with Crippen LogP contribution in [0.5, 0.6) is 0 Å². The van der Waals surface area contributed by atoms with E-state index in [1.807, 2.05) is 34.6 Å². The van der Waals surface area contributed by atoms with Crippen LogP contribution in [-0.4, -0.2) is 84.8 Å². The Morgan fingerprint density at radius 2 is 1.68 bits per heavy atom. The van der Waals surface area contributed by atoms with Crippen molar-refractivity contribution < 1.29 is 33.6 Å². The molecule has 0 bridgehead atoms. The van der Waals surface area contributed by atoms with Gasteiger partial charge in [0.15, 0.2) is 6.29 Å². The number of carbonyl (C=O) groups is 2. The summed E-state index contributed by atoms with van der Waals surface area (Å²) in [5.74, 6) is -1.34. The molecule has 8 nitrogen and oxygen atoms in total. The first-order valence-corrected chi connectivity index (χ1v) is 14.5. The van der Waals surface area contributed by atoms with Gasteiger partial charge in [0.25, 0.3) is 0 Å². The van der Waals surface area contributed by atoms with Crippen LogP contribution in [0.15, 0.2) is 0 Å². The number of cyclic esters (lactones) is 1. The Morgan fingerprint density at radius 1 is 1.05 bits per heavy atom. The molecule has 38 heavy (non-hydrogen) atoms. The van der Waals surface area contributed by atoms with Gasteiger partial charge in [-0.2, -0.15) is 0 Å². The largest absolute Gasteiger partial charge is 0.459 e. The van der Waals surface area contributed by atoms with Crippen molar-refractivity contribution in [2.75, 3.05) is 21.2 Å². The summed E-state index contributed by atoms with van der Waals surface area (Å²) >= 11 is 0. The minimum Gasteiger partial charge on any atom is -0.459 e. The summed E-state index contributed by atoms with van der Waals surface area (Å²) in [4.78, 5) is 28.8. The van der Waals surface area contributed by atoms with Crippen LogP contribution in [-0.2, 0) is 28.5 Å². The van der Waals surface area contributed by atoms with Crippen molar-refractivity contribution in [3.63, 3.8) is 0 Å². The molecule has 2 saturated heterocycles. The number of esters is 1. The lowest BCUT2D eigenvalue weighted by molar-refractivity contribution is -0.267. The molecule has 0 amide bonds. The van der Waals surface area contributed by atoms with E-state index in [4.69, 9.17) is 18.9 Å². The average Bonchev–Trinajstić information content (AvgIpc) is 2.85. The maximum absolute atomic E-state index is 13.3. The molecule has 0 saturated carbocycles. The molecule has 2 aliphatic heterocycles. The summed E-state index contributed by atoms with van der Waals surface area (Å²) in [5.41, 5.74) is -2.09. The highest BCUT2D eigenvalue weighted by Gasteiger charge is 2.47. The third-order valence-corrected chi connectivity index (χ3v) is 9.48. The third-order valence-electron chi connectivity index (χ3n) is 9.48. The first-order valence-electron chi connectivity index (χ1n) is 14.5. The fourth-order valence-electron chi connectivity index (χ4n) is 6.26. The second-order valence-corrected chi connectivity index (χ2v) is 12.8. The van der Waals surface area contributed by atoms with Crippen LogP contribution >= 0.6 is 0 Å². The quantitative estimate of drug-likeness (QED) is 0.505. The van der Waals surface area contributed by atoms with E-state index < -0.39 is 41.5 Å². The Morgan fingerprint density at radius 3 is 2.24 bits per heavy atom. The van der Waals surface area contributed by atoms with Crippen molar-refractivity contribution in [2.45, 2.75) is 136 Å². The lowest BCUT2D eigenvalue weighted by atomic mass is 9.74. The maximum atomic E-state index is 13.3. The second-order valence-electron chi connectivity index (χ2n) is 12.8. The number of aliphatic hydroxyl groups is 1. The molecule has 1 unspecified atom stereocenters. The monoisotopic (exact) mass is 541 g/mol. The van der Waals surface area contributed by atoms with E-state index >= 15 is 0 Å². The molecule has 0 aliphatic carbocycles. The first kappa shape index (κ1) is 33.1. The van der Waals surface area contributed by atoms with Gasteiger partial charge < -0.3 is 29.0 Å². The summed E-state index contributed by atoms with van der Waals surface area (Å²) < 4.78 is 25.0. The Bertz CT molecular complexity index is 787. The second kappa shape index (κ2) is 13.5. The van der Waals surface area contributed by atoms with Crippen LogP contribution in [0.3, 0.4) is 0 Å². The number of methoxy groups -OCH3 is 1. The average molecular weight is 542 g/mol. The normalized spacial score (nSPS) is 44.5. The molecule has 2 aliphatic rings. The molecule has 222 valence electrons. The smallest absolute Gasteiger partial charge is 0.309 e. The highest BCUT2D eigenvalue weighted by Crippen LogP contribution is 2.39.